The van der Waals surface area contributed by atoms with Crippen LogP contribution < -0.4 is 5.73 Å². The summed E-state index contributed by atoms with van der Waals surface area (Å²) in [5, 5.41) is 3.26. The van der Waals surface area contributed by atoms with Crippen molar-refractivity contribution in [2.75, 3.05) is 32.7 Å². The van der Waals surface area contributed by atoms with Gasteiger partial charge in [0.15, 0.2) is 0 Å². The van der Waals surface area contributed by atoms with E-state index in [2.05, 4.69) is 4.98 Å². The number of aromatic nitrogens is 1. The minimum absolute atomic E-state index is 0.0316. The van der Waals surface area contributed by atoms with Crippen LogP contribution in [0.1, 0.15) is 21.1 Å². The van der Waals surface area contributed by atoms with Gasteiger partial charge in [0.2, 0.25) is 5.91 Å². The fourth-order valence-corrected chi connectivity index (χ4v) is 3.88. The number of nitrogens with two attached hydrogens (primary N) is 1. The van der Waals surface area contributed by atoms with Crippen LogP contribution in [0.2, 0.25) is 5.02 Å². The molecule has 0 aliphatic carbocycles. The molecule has 1 saturated heterocycles. The lowest BCUT2D eigenvalue weighted by Gasteiger charge is -2.34. The van der Waals surface area contributed by atoms with E-state index in [0.717, 1.165) is 10.6 Å². The summed E-state index contributed by atoms with van der Waals surface area (Å²) in [6, 6.07) is 7.37. The van der Waals surface area contributed by atoms with E-state index in [4.69, 9.17) is 17.3 Å². The van der Waals surface area contributed by atoms with E-state index in [9.17, 15) is 9.59 Å². The van der Waals surface area contributed by atoms with E-state index in [1.165, 1.54) is 11.3 Å². The summed E-state index contributed by atoms with van der Waals surface area (Å²) in [6.07, 6.45) is 0.963. The molecule has 6 nitrogen and oxygen atoms in total. The lowest BCUT2D eigenvalue weighted by Crippen LogP contribution is -2.51. The van der Waals surface area contributed by atoms with Gasteiger partial charge in [-0.15, -0.1) is 11.3 Å². The molecular weight excluding hydrogens is 372 g/mol. The van der Waals surface area contributed by atoms with Crippen LogP contribution >= 0.6 is 22.9 Å². The Hall–Kier alpha value is -1.96. The zero-order chi connectivity index (χ0) is 18.5. The van der Waals surface area contributed by atoms with Crippen molar-refractivity contribution in [1.29, 1.82) is 0 Å². The fraction of sp³-hybridized carbons (Fsp3) is 0.389. The Morgan fingerprint density at radius 2 is 1.85 bits per heavy atom. The van der Waals surface area contributed by atoms with Crippen molar-refractivity contribution in [1.82, 2.24) is 14.8 Å². The molecule has 0 saturated carbocycles. The van der Waals surface area contributed by atoms with Gasteiger partial charge in [0.25, 0.3) is 5.91 Å². The highest BCUT2D eigenvalue weighted by Gasteiger charge is 2.26. The average Bonchev–Trinajstić information content (AvgIpc) is 3.12. The van der Waals surface area contributed by atoms with Gasteiger partial charge in [-0.05, 0) is 18.2 Å². The van der Waals surface area contributed by atoms with Gasteiger partial charge in [0, 0.05) is 43.0 Å². The third-order valence-electron chi connectivity index (χ3n) is 4.35. The first-order chi connectivity index (χ1) is 12.6. The third kappa shape index (κ3) is 4.41. The van der Waals surface area contributed by atoms with Crippen LogP contribution in [0.15, 0.2) is 29.6 Å². The first-order valence-electron chi connectivity index (χ1n) is 8.53. The second kappa shape index (κ2) is 8.62. The number of benzene rings is 1. The monoisotopic (exact) mass is 392 g/mol. The lowest BCUT2D eigenvalue weighted by atomic mass is 10.1. The number of amides is 2. The highest BCUT2D eigenvalue weighted by molar-refractivity contribution is 7.09. The van der Waals surface area contributed by atoms with Gasteiger partial charge < -0.3 is 15.5 Å². The number of halogens is 1. The maximum Gasteiger partial charge on any atom is 0.273 e. The first kappa shape index (κ1) is 18.8. The normalized spacial score (nSPS) is 14.5. The molecule has 138 valence electrons. The quantitative estimate of drug-likeness (QED) is 0.841. The van der Waals surface area contributed by atoms with Crippen molar-refractivity contribution in [2.24, 2.45) is 5.73 Å². The highest BCUT2D eigenvalue weighted by Crippen LogP contribution is 2.18. The van der Waals surface area contributed by atoms with Crippen molar-refractivity contribution in [3.63, 3.8) is 0 Å². The number of carbonyl (C=O) groups is 2. The van der Waals surface area contributed by atoms with Crippen molar-refractivity contribution < 1.29 is 9.59 Å². The van der Waals surface area contributed by atoms with E-state index < -0.39 is 0 Å². The molecule has 1 aliphatic heterocycles. The largest absolute Gasteiger partial charge is 0.339 e. The Kier molecular flexibility index (Phi) is 6.24. The predicted octanol–water partition coefficient (Wildman–Crippen LogP) is 1.82. The number of carbonyl (C=O) groups excluding carboxylic acids is 2. The van der Waals surface area contributed by atoms with Crippen molar-refractivity contribution in [2.45, 2.75) is 12.8 Å². The molecule has 2 aromatic rings. The number of piperazine rings is 1. The summed E-state index contributed by atoms with van der Waals surface area (Å²) < 4.78 is 0. The molecule has 1 fully saturated rings. The summed E-state index contributed by atoms with van der Waals surface area (Å²) >= 11 is 7.59. The molecule has 2 amide bonds. The van der Waals surface area contributed by atoms with Gasteiger partial charge >= 0.3 is 0 Å². The van der Waals surface area contributed by atoms with E-state index in [1.54, 1.807) is 21.2 Å². The summed E-state index contributed by atoms with van der Waals surface area (Å²) in [6.45, 7) is 2.59. The summed E-state index contributed by atoms with van der Waals surface area (Å²) in [5.74, 6) is -0.0492. The van der Waals surface area contributed by atoms with Crippen LogP contribution in [0.5, 0.6) is 0 Å². The smallest absolute Gasteiger partial charge is 0.273 e. The SMILES string of the molecule is NCCc1nc(C(=O)N2CCN(C(=O)Cc3ccccc3Cl)CC2)cs1. The van der Waals surface area contributed by atoms with Crippen LogP contribution in [0, 0.1) is 0 Å². The Bertz CT molecular complexity index is 787. The Morgan fingerprint density at radius 1 is 1.15 bits per heavy atom. The van der Waals surface area contributed by atoms with Gasteiger partial charge in [-0.2, -0.15) is 0 Å². The molecule has 0 spiro atoms. The zero-order valence-electron chi connectivity index (χ0n) is 14.4. The zero-order valence-corrected chi connectivity index (χ0v) is 15.9. The number of nitrogens with zero attached hydrogens (tertiary/aromatic N) is 3. The first-order valence-corrected chi connectivity index (χ1v) is 9.79. The molecule has 0 unspecified atom stereocenters. The molecule has 0 radical (unpaired) electrons. The van der Waals surface area contributed by atoms with E-state index in [0.29, 0.717) is 49.9 Å². The van der Waals surface area contributed by atoms with Crippen LogP contribution in [-0.4, -0.2) is 59.3 Å². The third-order valence-corrected chi connectivity index (χ3v) is 5.63. The van der Waals surface area contributed by atoms with Crippen LogP contribution in [0.25, 0.3) is 0 Å². The highest BCUT2D eigenvalue weighted by atomic mass is 35.5. The van der Waals surface area contributed by atoms with Crippen LogP contribution in [0.4, 0.5) is 0 Å². The van der Waals surface area contributed by atoms with Crippen molar-refractivity contribution >= 4 is 34.8 Å². The van der Waals surface area contributed by atoms with Crippen LogP contribution in [-0.2, 0) is 17.6 Å². The second-order valence-corrected chi connectivity index (χ2v) is 7.46. The number of hydrogen-bond donors (Lipinski definition) is 1. The molecule has 2 N–H and O–H groups in total. The van der Waals surface area contributed by atoms with Crippen molar-refractivity contribution in [3.8, 4) is 0 Å². The van der Waals surface area contributed by atoms with E-state index in [-0.39, 0.29) is 18.2 Å². The van der Waals surface area contributed by atoms with Gasteiger partial charge in [-0.25, -0.2) is 4.98 Å². The standard InChI is InChI=1S/C18H21ClN4O2S/c19-14-4-2-1-3-13(14)11-17(24)22-7-9-23(10-8-22)18(25)15-12-26-16(21-15)5-6-20/h1-4,12H,5-11,20H2. The Morgan fingerprint density at radius 3 is 2.54 bits per heavy atom. The van der Waals surface area contributed by atoms with E-state index in [1.807, 2.05) is 18.2 Å². The topological polar surface area (TPSA) is 79.5 Å². The molecule has 0 bridgehead atoms. The predicted molar refractivity (Wildman–Crippen MR) is 103 cm³/mol. The second-order valence-electron chi connectivity index (χ2n) is 6.11. The van der Waals surface area contributed by atoms with Gasteiger partial charge in [-0.1, -0.05) is 29.8 Å². The van der Waals surface area contributed by atoms with Gasteiger partial charge in [0.1, 0.15) is 5.69 Å². The van der Waals surface area contributed by atoms with Gasteiger partial charge in [-0.3, -0.25) is 9.59 Å². The number of thiazole rings is 1. The van der Waals surface area contributed by atoms with Crippen molar-refractivity contribution in [3.05, 3.63) is 50.9 Å². The molecule has 1 aromatic carbocycles. The molecule has 1 aromatic heterocycles. The molecule has 1 aliphatic rings. The molecule has 26 heavy (non-hydrogen) atoms. The maximum atomic E-state index is 12.5. The Balaban J connectivity index is 1.54. The van der Waals surface area contributed by atoms with E-state index >= 15 is 0 Å². The number of hydrogen-bond acceptors (Lipinski definition) is 5. The number of rotatable bonds is 5. The summed E-state index contributed by atoms with van der Waals surface area (Å²) in [7, 11) is 0. The minimum atomic E-state index is -0.0808. The van der Waals surface area contributed by atoms with Crippen LogP contribution in [0.3, 0.4) is 0 Å². The lowest BCUT2D eigenvalue weighted by molar-refractivity contribution is -0.131. The molecule has 8 heteroatoms. The van der Waals surface area contributed by atoms with Gasteiger partial charge in [0.05, 0.1) is 11.4 Å². The fourth-order valence-electron chi connectivity index (χ4n) is 2.88. The molecule has 3 rings (SSSR count). The summed E-state index contributed by atoms with van der Waals surface area (Å²) in [4.78, 5) is 32.9. The maximum absolute atomic E-state index is 12.5. The minimum Gasteiger partial charge on any atom is -0.339 e. The summed E-state index contributed by atoms with van der Waals surface area (Å²) in [5.41, 5.74) is 6.82. The average molecular weight is 393 g/mol. The molecule has 0 atom stereocenters. The Labute approximate surface area is 161 Å². The molecular formula is C18H21ClN4O2S. The molecule has 2 heterocycles.